The van der Waals surface area contributed by atoms with Gasteiger partial charge in [-0.3, -0.25) is 9.78 Å². The van der Waals surface area contributed by atoms with Crippen molar-refractivity contribution >= 4 is 23.9 Å². The largest absolute Gasteiger partial charge is 0.463 e. The summed E-state index contributed by atoms with van der Waals surface area (Å²) in [4.78, 5) is 15.6. The van der Waals surface area contributed by atoms with Gasteiger partial charge in [0.2, 0.25) is 5.89 Å². The third kappa shape index (κ3) is 4.27. The van der Waals surface area contributed by atoms with E-state index in [2.05, 4.69) is 25.7 Å². The zero-order chi connectivity index (χ0) is 15.9. The second-order valence-corrected chi connectivity index (χ2v) is 5.13. The molecule has 0 unspecified atom stereocenters. The van der Waals surface area contributed by atoms with Crippen molar-refractivity contribution in [3.8, 4) is 11.5 Å². The molecular weight excluding hydrogens is 318 g/mol. The van der Waals surface area contributed by atoms with Crippen LogP contribution in [0.1, 0.15) is 5.76 Å². The molecule has 0 radical (unpaired) electrons. The Morgan fingerprint density at radius 2 is 2.17 bits per heavy atom. The maximum Gasteiger partial charge on any atom is 0.277 e. The number of rotatable bonds is 6. The summed E-state index contributed by atoms with van der Waals surface area (Å²) in [6, 6.07) is 6.98. The van der Waals surface area contributed by atoms with Crippen molar-refractivity contribution in [3.63, 3.8) is 0 Å². The first-order chi connectivity index (χ1) is 11.3. The van der Waals surface area contributed by atoms with E-state index in [0.29, 0.717) is 16.9 Å². The summed E-state index contributed by atoms with van der Waals surface area (Å²) in [5.74, 6) is 0.748. The number of amides is 1. The minimum atomic E-state index is -0.290. The molecule has 0 aromatic carbocycles. The first kappa shape index (κ1) is 15.0. The molecule has 0 saturated carbocycles. The maximum absolute atomic E-state index is 11.6. The fraction of sp³-hybridized carbons (Fsp3) is 0.0714. The fourth-order valence-electron chi connectivity index (χ4n) is 1.57. The van der Waals surface area contributed by atoms with Gasteiger partial charge < -0.3 is 8.83 Å². The molecule has 23 heavy (non-hydrogen) atoms. The summed E-state index contributed by atoms with van der Waals surface area (Å²) in [5, 5.41) is 11.9. The van der Waals surface area contributed by atoms with Gasteiger partial charge in [-0.25, -0.2) is 5.43 Å². The minimum absolute atomic E-state index is 0.105. The topological polar surface area (TPSA) is 106 Å². The van der Waals surface area contributed by atoms with Crippen LogP contribution < -0.4 is 5.43 Å². The second-order valence-electron chi connectivity index (χ2n) is 4.21. The highest BCUT2D eigenvalue weighted by atomic mass is 32.2. The van der Waals surface area contributed by atoms with Crippen LogP contribution in [0, 0.1) is 0 Å². The molecule has 1 N–H and O–H groups in total. The SMILES string of the molecule is O=C(CSc1nnc(-c2ccncc2)o1)N/N=C/c1ccco1. The summed E-state index contributed by atoms with van der Waals surface area (Å²) >= 11 is 1.13. The van der Waals surface area contributed by atoms with Gasteiger partial charge >= 0.3 is 0 Å². The van der Waals surface area contributed by atoms with Crippen molar-refractivity contribution in [1.82, 2.24) is 20.6 Å². The third-order valence-corrected chi connectivity index (χ3v) is 3.40. The van der Waals surface area contributed by atoms with Gasteiger partial charge in [0.1, 0.15) is 5.76 Å². The summed E-state index contributed by atoms with van der Waals surface area (Å²) in [6.07, 6.45) is 6.21. The Morgan fingerprint density at radius 1 is 1.30 bits per heavy atom. The zero-order valence-electron chi connectivity index (χ0n) is 11.7. The van der Waals surface area contributed by atoms with Gasteiger partial charge in [0.25, 0.3) is 11.1 Å². The molecule has 0 bridgehead atoms. The van der Waals surface area contributed by atoms with Gasteiger partial charge in [-0.15, -0.1) is 10.2 Å². The smallest absolute Gasteiger partial charge is 0.277 e. The summed E-state index contributed by atoms with van der Waals surface area (Å²) in [5.41, 5.74) is 3.15. The molecule has 3 heterocycles. The number of nitrogens with zero attached hydrogens (tertiary/aromatic N) is 4. The highest BCUT2D eigenvalue weighted by Gasteiger charge is 2.10. The molecular formula is C14H11N5O3S. The standard InChI is InChI=1S/C14H11N5O3S/c20-12(17-16-8-11-2-1-7-21-11)9-23-14-19-18-13(22-14)10-3-5-15-6-4-10/h1-8H,9H2,(H,17,20)/b16-8+. The van der Waals surface area contributed by atoms with E-state index in [1.165, 1.54) is 12.5 Å². The van der Waals surface area contributed by atoms with Crippen molar-refractivity contribution in [3.05, 3.63) is 48.7 Å². The molecule has 0 fully saturated rings. The molecule has 0 aliphatic heterocycles. The molecule has 3 rings (SSSR count). The quantitative estimate of drug-likeness (QED) is 0.418. The monoisotopic (exact) mass is 329 g/mol. The Hall–Kier alpha value is -2.94. The third-order valence-electron chi connectivity index (χ3n) is 2.58. The molecule has 3 aromatic rings. The van der Waals surface area contributed by atoms with E-state index in [1.807, 2.05) is 0 Å². The fourth-order valence-corrected chi connectivity index (χ4v) is 2.13. The Morgan fingerprint density at radius 3 is 2.96 bits per heavy atom. The molecule has 8 nitrogen and oxygen atoms in total. The molecule has 9 heteroatoms. The molecule has 116 valence electrons. The summed E-state index contributed by atoms with van der Waals surface area (Å²) < 4.78 is 10.5. The minimum Gasteiger partial charge on any atom is -0.463 e. The molecule has 0 aliphatic carbocycles. The second kappa shape index (κ2) is 7.36. The van der Waals surface area contributed by atoms with Crippen molar-refractivity contribution in [2.45, 2.75) is 5.22 Å². The van der Waals surface area contributed by atoms with Gasteiger partial charge in [0, 0.05) is 18.0 Å². The number of carbonyl (C=O) groups is 1. The first-order valence-electron chi connectivity index (χ1n) is 6.53. The van der Waals surface area contributed by atoms with Crippen LogP contribution in [-0.2, 0) is 4.79 Å². The van der Waals surface area contributed by atoms with E-state index >= 15 is 0 Å². The van der Waals surface area contributed by atoms with E-state index in [4.69, 9.17) is 8.83 Å². The molecule has 0 atom stereocenters. The number of aromatic nitrogens is 3. The average molecular weight is 329 g/mol. The van der Waals surface area contributed by atoms with E-state index < -0.39 is 0 Å². The van der Waals surface area contributed by atoms with Gasteiger partial charge in [-0.05, 0) is 24.3 Å². The molecule has 3 aromatic heterocycles. The number of hydrogen-bond acceptors (Lipinski definition) is 8. The van der Waals surface area contributed by atoms with Gasteiger partial charge in [0.15, 0.2) is 0 Å². The van der Waals surface area contributed by atoms with Gasteiger partial charge in [0.05, 0.1) is 18.2 Å². The predicted octanol–water partition coefficient (Wildman–Crippen LogP) is 1.97. The predicted molar refractivity (Wildman–Crippen MR) is 82.7 cm³/mol. The zero-order valence-corrected chi connectivity index (χ0v) is 12.6. The Kier molecular flexibility index (Phi) is 4.79. The lowest BCUT2D eigenvalue weighted by atomic mass is 10.3. The summed E-state index contributed by atoms with van der Waals surface area (Å²) in [6.45, 7) is 0. The first-order valence-corrected chi connectivity index (χ1v) is 7.52. The van der Waals surface area contributed by atoms with Crippen LogP contribution in [0.4, 0.5) is 0 Å². The molecule has 0 saturated heterocycles. The van der Waals surface area contributed by atoms with E-state index in [0.717, 1.165) is 17.3 Å². The van der Waals surface area contributed by atoms with Gasteiger partial charge in [-0.2, -0.15) is 5.10 Å². The molecule has 1 amide bonds. The van der Waals surface area contributed by atoms with Crippen molar-refractivity contribution in [1.29, 1.82) is 0 Å². The van der Waals surface area contributed by atoms with Crippen LogP contribution in [0.3, 0.4) is 0 Å². The average Bonchev–Trinajstić information content (AvgIpc) is 3.25. The van der Waals surface area contributed by atoms with Crippen LogP contribution in [-0.4, -0.2) is 33.1 Å². The van der Waals surface area contributed by atoms with Crippen LogP contribution >= 0.6 is 11.8 Å². The maximum atomic E-state index is 11.6. The van der Waals surface area contributed by atoms with Gasteiger partial charge in [-0.1, -0.05) is 11.8 Å². The Labute approximate surface area is 135 Å². The number of thioether (sulfide) groups is 1. The number of pyridine rings is 1. The highest BCUT2D eigenvalue weighted by Crippen LogP contribution is 2.22. The van der Waals surface area contributed by atoms with E-state index in [9.17, 15) is 4.79 Å². The highest BCUT2D eigenvalue weighted by molar-refractivity contribution is 7.99. The van der Waals surface area contributed by atoms with Crippen LogP contribution in [0.5, 0.6) is 0 Å². The van der Waals surface area contributed by atoms with Crippen LogP contribution in [0.2, 0.25) is 0 Å². The van der Waals surface area contributed by atoms with Crippen LogP contribution in [0.15, 0.2) is 62.1 Å². The number of nitrogens with one attached hydrogen (secondary N) is 1. The lowest BCUT2D eigenvalue weighted by Gasteiger charge is -1.96. The lowest BCUT2D eigenvalue weighted by Crippen LogP contribution is -2.19. The van der Waals surface area contributed by atoms with Crippen LogP contribution in [0.25, 0.3) is 11.5 Å². The number of carbonyl (C=O) groups excluding carboxylic acids is 1. The van der Waals surface area contributed by atoms with Crippen molar-refractivity contribution in [2.75, 3.05) is 5.75 Å². The van der Waals surface area contributed by atoms with Crippen molar-refractivity contribution in [2.24, 2.45) is 5.10 Å². The van der Waals surface area contributed by atoms with E-state index in [-0.39, 0.29) is 11.7 Å². The molecule has 0 aliphatic rings. The Bertz CT molecular complexity index is 786. The van der Waals surface area contributed by atoms with E-state index in [1.54, 1.807) is 36.7 Å². The van der Waals surface area contributed by atoms with Crippen molar-refractivity contribution < 1.29 is 13.6 Å². The number of hydrogen-bond donors (Lipinski definition) is 1. The number of hydrazone groups is 1. The Balaban J connectivity index is 1.49. The summed E-state index contributed by atoms with van der Waals surface area (Å²) in [7, 11) is 0. The lowest BCUT2D eigenvalue weighted by molar-refractivity contribution is -0.118. The number of furan rings is 1. The normalized spacial score (nSPS) is 11.0. The molecule has 0 spiro atoms.